The summed E-state index contributed by atoms with van der Waals surface area (Å²) in [5.41, 5.74) is 10.0. The molecule has 39 heavy (non-hydrogen) atoms. The van der Waals surface area contributed by atoms with E-state index >= 15 is 0 Å². The average Bonchev–Trinajstić information content (AvgIpc) is 3.17. The number of aromatic nitrogens is 1. The lowest BCUT2D eigenvalue weighted by Crippen LogP contribution is -2.39. The molecule has 0 aliphatic rings. The third-order valence-corrected chi connectivity index (χ3v) is 8.66. The van der Waals surface area contributed by atoms with Gasteiger partial charge in [0.25, 0.3) is 15.9 Å². The maximum absolute atomic E-state index is 13.5. The molecule has 0 unspecified atom stereocenters. The second-order valence-corrected chi connectivity index (χ2v) is 11.8. The zero-order valence-corrected chi connectivity index (χ0v) is 24.1. The Kier molecular flexibility index (Phi) is 8.28. The molecule has 0 aliphatic carbocycles. The molecular weight excluding hydrogens is 532 g/mol. The lowest BCUT2D eigenvalue weighted by molar-refractivity contribution is -0.119. The fraction of sp³-hybridized carbons (Fsp3) is 0.200. The molecule has 4 aromatic rings. The molecule has 7 nitrogen and oxygen atoms in total. The monoisotopic (exact) mass is 562 g/mol. The number of rotatable bonds is 8. The van der Waals surface area contributed by atoms with Crippen LogP contribution in [-0.4, -0.2) is 31.7 Å². The van der Waals surface area contributed by atoms with Crippen LogP contribution in [0.25, 0.3) is 5.69 Å². The molecule has 0 spiro atoms. The van der Waals surface area contributed by atoms with Gasteiger partial charge in [0.15, 0.2) is 0 Å². The van der Waals surface area contributed by atoms with Crippen LogP contribution >= 0.6 is 11.6 Å². The van der Waals surface area contributed by atoms with Crippen molar-refractivity contribution in [3.63, 3.8) is 0 Å². The number of hydrazone groups is 1. The summed E-state index contributed by atoms with van der Waals surface area (Å²) < 4.78 is 30.2. The number of hydrogen-bond acceptors (Lipinski definition) is 4. The minimum absolute atomic E-state index is 0.0816. The van der Waals surface area contributed by atoms with Crippen LogP contribution < -0.4 is 9.73 Å². The topological polar surface area (TPSA) is 83.8 Å². The molecule has 1 heterocycles. The van der Waals surface area contributed by atoms with E-state index in [0.717, 1.165) is 32.5 Å². The van der Waals surface area contributed by atoms with Gasteiger partial charge in [0.05, 0.1) is 16.8 Å². The van der Waals surface area contributed by atoms with E-state index in [9.17, 15) is 13.2 Å². The van der Waals surface area contributed by atoms with Crippen LogP contribution in [0.15, 0.2) is 82.8 Å². The van der Waals surface area contributed by atoms with Crippen LogP contribution in [0.1, 0.15) is 33.6 Å². The highest BCUT2D eigenvalue weighted by Gasteiger charge is 2.27. The van der Waals surface area contributed by atoms with Gasteiger partial charge in [-0.15, -0.1) is 0 Å². The van der Waals surface area contributed by atoms with Gasteiger partial charge in [0.2, 0.25) is 0 Å². The molecule has 1 aromatic heterocycles. The second kappa shape index (κ2) is 11.5. The van der Waals surface area contributed by atoms with Crippen LogP contribution in [0.4, 0.5) is 5.69 Å². The minimum Gasteiger partial charge on any atom is -0.318 e. The minimum atomic E-state index is -4.03. The summed E-state index contributed by atoms with van der Waals surface area (Å²) in [6, 6.07) is 21.0. The van der Waals surface area contributed by atoms with Crippen molar-refractivity contribution >= 4 is 39.4 Å². The Hall–Kier alpha value is -3.88. The Labute approximate surface area is 234 Å². The molecular formula is C30H31ClN4O3S. The first-order chi connectivity index (χ1) is 18.5. The highest BCUT2D eigenvalue weighted by molar-refractivity contribution is 7.92. The molecule has 0 saturated carbocycles. The number of amides is 1. The van der Waals surface area contributed by atoms with Gasteiger partial charge in [0, 0.05) is 27.7 Å². The summed E-state index contributed by atoms with van der Waals surface area (Å²) in [5.74, 6) is -0.583. The molecule has 0 fully saturated rings. The first-order valence-electron chi connectivity index (χ1n) is 12.4. The van der Waals surface area contributed by atoms with Crippen LogP contribution in [0, 0.1) is 34.6 Å². The van der Waals surface area contributed by atoms with Gasteiger partial charge in [-0.2, -0.15) is 5.10 Å². The number of hydrogen-bond donors (Lipinski definition) is 1. The third-order valence-electron chi connectivity index (χ3n) is 6.62. The molecule has 1 N–H and O–H groups in total. The summed E-state index contributed by atoms with van der Waals surface area (Å²) in [4.78, 5) is 13.0. The zero-order chi connectivity index (χ0) is 28.3. The van der Waals surface area contributed by atoms with Gasteiger partial charge in [-0.05, 0) is 100 Å². The van der Waals surface area contributed by atoms with E-state index in [1.54, 1.807) is 42.6 Å². The quantitative estimate of drug-likeness (QED) is 0.210. The van der Waals surface area contributed by atoms with Gasteiger partial charge in [-0.3, -0.25) is 9.10 Å². The zero-order valence-electron chi connectivity index (χ0n) is 22.6. The van der Waals surface area contributed by atoms with Gasteiger partial charge < -0.3 is 4.57 Å². The van der Waals surface area contributed by atoms with E-state index in [4.69, 9.17) is 11.6 Å². The Morgan fingerprint density at radius 3 is 2.23 bits per heavy atom. The maximum atomic E-state index is 13.5. The molecule has 0 atom stereocenters. The Bertz CT molecular complexity index is 1640. The molecule has 0 bridgehead atoms. The first-order valence-corrected chi connectivity index (χ1v) is 14.2. The van der Waals surface area contributed by atoms with E-state index < -0.39 is 22.5 Å². The van der Waals surface area contributed by atoms with E-state index in [0.29, 0.717) is 10.7 Å². The van der Waals surface area contributed by atoms with E-state index in [1.807, 2.05) is 26.8 Å². The van der Waals surface area contributed by atoms with Gasteiger partial charge >= 0.3 is 0 Å². The van der Waals surface area contributed by atoms with Crippen LogP contribution in [0.3, 0.4) is 0 Å². The fourth-order valence-corrected chi connectivity index (χ4v) is 5.83. The number of nitrogens with one attached hydrogen (secondary N) is 1. The second-order valence-electron chi connectivity index (χ2n) is 9.52. The Morgan fingerprint density at radius 1 is 0.923 bits per heavy atom. The summed E-state index contributed by atoms with van der Waals surface area (Å²) in [6.45, 7) is 9.57. The van der Waals surface area contributed by atoms with Crippen LogP contribution in [0.5, 0.6) is 0 Å². The number of anilines is 1. The molecule has 4 rings (SSSR count). The Morgan fingerprint density at radius 2 is 1.59 bits per heavy atom. The van der Waals surface area contributed by atoms with Crippen molar-refractivity contribution in [2.45, 2.75) is 39.5 Å². The largest absolute Gasteiger partial charge is 0.318 e. The van der Waals surface area contributed by atoms with Gasteiger partial charge in [-0.25, -0.2) is 13.8 Å². The fourth-order valence-electron chi connectivity index (χ4n) is 4.28. The van der Waals surface area contributed by atoms with E-state index in [2.05, 4.69) is 47.1 Å². The first kappa shape index (κ1) is 28.1. The number of carbonyl (C=O) groups is 1. The van der Waals surface area contributed by atoms with Gasteiger partial charge in [-0.1, -0.05) is 35.4 Å². The lowest BCUT2D eigenvalue weighted by Gasteiger charge is -2.23. The molecule has 0 aliphatic heterocycles. The number of halogens is 1. The molecule has 202 valence electrons. The predicted octanol–water partition coefficient (Wildman–Crippen LogP) is 6.02. The highest BCUT2D eigenvalue weighted by Crippen LogP contribution is 2.26. The number of carbonyl (C=O) groups excluding carboxylic acids is 1. The number of nitrogens with zero attached hydrogens (tertiary/aromatic N) is 3. The highest BCUT2D eigenvalue weighted by atomic mass is 35.5. The summed E-state index contributed by atoms with van der Waals surface area (Å²) >= 11 is 6.01. The average molecular weight is 563 g/mol. The standard InChI is InChI=1S/C30H31ClN4O3S/c1-20-6-14-29(15-7-20)39(37,38)34(27-12-9-26(31)10-13-27)19-30(36)33-32-18-25-17-23(4)35(24(25)5)28-11-8-21(2)22(3)16-28/h6-18H,19H2,1-5H3,(H,33,36)/b32-18-. The SMILES string of the molecule is Cc1ccc(S(=O)(=O)N(CC(=O)N/N=C\c2cc(C)n(-c3ccc(C)c(C)c3)c2C)c2ccc(Cl)cc2)cc1. The normalized spacial score (nSPS) is 11.6. The molecule has 9 heteroatoms. The summed E-state index contributed by atoms with van der Waals surface area (Å²) in [6.07, 6.45) is 1.57. The van der Waals surface area contributed by atoms with Crippen molar-refractivity contribution in [1.29, 1.82) is 0 Å². The van der Waals surface area contributed by atoms with Crippen molar-refractivity contribution in [1.82, 2.24) is 9.99 Å². The van der Waals surface area contributed by atoms with Crippen molar-refractivity contribution in [3.05, 3.63) is 111 Å². The van der Waals surface area contributed by atoms with Crippen LogP contribution in [-0.2, 0) is 14.8 Å². The number of benzene rings is 3. The molecule has 0 saturated heterocycles. The Balaban J connectivity index is 1.55. The predicted molar refractivity (Wildman–Crippen MR) is 158 cm³/mol. The van der Waals surface area contributed by atoms with E-state index in [1.165, 1.54) is 23.3 Å². The summed E-state index contributed by atoms with van der Waals surface area (Å²) in [7, 11) is -4.03. The van der Waals surface area contributed by atoms with Crippen molar-refractivity contribution < 1.29 is 13.2 Å². The van der Waals surface area contributed by atoms with Crippen molar-refractivity contribution in [3.8, 4) is 5.69 Å². The maximum Gasteiger partial charge on any atom is 0.264 e. The smallest absolute Gasteiger partial charge is 0.264 e. The van der Waals surface area contributed by atoms with E-state index in [-0.39, 0.29) is 4.90 Å². The molecule has 3 aromatic carbocycles. The molecule has 1 amide bonds. The third kappa shape index (κ3) is 6.24. The lowest BCUT2D eigenvalue weighted by atomic mass is 10.1. The van der Waals surface area contributed by atoms with Crippen molar-refractivity contribution in [2.75, 3.05) is 10.8 Å². The van der Waals surface area contributed by atoms with Crippen molar-refractivity contribution in [2.24, 2.45) is 5.10 Å². The summed E-state index contributed by atoms with van der Waals surface area (Å²) in [5, 5.41) is 4.59. The number of sulfonamides is 1. The number of aryl methyl sites for hydroxylation is 4. The van der Waals surface area contributed by atoms with Gasteiger partial charge in [0.1, 0.15) is 6.54 Å². The molecule has 0 radical (unpaired) electrons. The van der Waals surface area contributed by atoms with Crippen LogP contribution in [0.2, 0.25) is 5.02 Å².